The number of urea groups is 1. The molecular weight excluding hydrogens is 408 g/mol. The molecule has 0 aliphatic rings. The molecule has 8 nitrogen and oxygen atoms in total. The van der Waals surface area contributed by atoms with Crippen LogP contribution in [0.4, 0.5) is 10.5 Å². The molecule has 0 bridgehead atoms. The highest BCUT2D eigenvalue weighted by atomic mass is 16.5. The summed E-state index contributed by atoms with van der Waals surface area (Å²) in [6, 6.07) is 14.9. The Kier molecular flexibility index (Phi) is 9.26. The van der Waals surface area contributed by atoms with E-state index < -0.39 is 6.03 Å². The van der Waals surface area contributed by atoms with Crippen molar-refractivity contribution in [2.24, 2.45) is 0 Å². The highest BCUT2D eigenvalue weighted by molar-refractivity contribution is 5.96. The van der Waals surface area contributed by atoms with Crippen LogP contribution in [0.15, 0.2) is 42.5 Å². The molecule has 32 heavy (non-hydrogen) atoms. The molecule has 3 aromatic rings. The summed E-state index contributed by atoms with van der Waals surface area (Å²) in [7, 11) is 0. The van der Waals surface area contributed by atoms with Gasteiger partial charge in [-0.15, -0.1) is 0 Å². The lowest BCUT2D eigenvalue weighted by molar-refractivity contribution is -0.107. The number of benzene rings is 2. The highest BCUT2D eigenvalue weighted by Gasteiger charge is 2.18. The lowest BCUT2D eigenvalue weighted by atomic mass is 10.1. The number of ether oxygens (including phenoxy) is 1. The van der Waals surface area contributed by atoms with Gasteiger partial charge in [-0.1, -0.05) is 12.1 Å². The van der Waals surface area contributed by atoms with Gasteiger partial charge in [0.2, 0.25) is 0 Å². The van der Waals surface area contributed by atoms with E-state index in [1.807, 2.05) is 44.2 Å². The Balaban J connectivity index is 0.00000114. The van der Waals surface area contributed by atoms with Crippen molar-refractivity contribution in [3.63, 3.8) is 0 Å². The number of rotatable bonds is 7. The van der Waals surface area contributed by atoms with Gasteiger partial charge in [0, 0.05) is 30.3 Å². The molecule has 3 N–H and O–H groups in total. The molecule has 1 aromatic heterocycles. The van der Waals surface area contributed by atoms with E-state index in [4.69, 9.17) is 9.84 Å². The van der Waals surface area contributed by atoms with E-state index in [9.17, 15) is 14.9 Å². The number of hydrogen-bond donors (Lipinski definition) is 3. The molecule has 0 saturated carbocycles. The molecule has 8 heteroatoms. The number of aldehydes is 1. The van der Waals surface area contributed by atoms with E-state index in [-0.39, 0.29) is 13.2 Å². The number of aliphatic hydroxyl groups is 1. The summed E-state index contributed by atoms with van der Waals surface area (Å²) < 4.78 is 7.71. The number of nitriles is 1. The van der Waals surface area contributed by atoms with Gasteiger partial charge in [-0.05, 0) is 50.6 Å². The minimum Gasteiger partial charge on any atom is -0.494 e. The first-order valence-corrected chi connectivity index (χ1v) is 10.4. The monoisotopic (exact) mass is 436 g/mol. The van der Waals surface area contributed by atoms with Gasteiger partial charge < -0.3 is 29.8 Å². The second-order valence-electron chi connectivity index (χ2n) is 6.59. The second kappa shape index (κ2) is 12.1. The summed E-state index contributed by atoms with van der Waals surface area (Å²) in [4.78, 5) is 22.0. The highest BCUT2D eigenvalue weighted by Crippen LogP contribution is 2.35. The van der Waals surface area contributed by atoms with Gasteiger partial charge >= 0.3 is 6.03 Å². The van der Waals surface area contributed by atoms with Crippen molar-refractivity contribution >= 4 is 28.9 Å². The molecule has 2 aromatic carbocycles. The van der Waals surface area contributed by atoms with Crippen LogP contribution in [0.2, 0.25) is 0 Å². The maximum atomic E-state index is 11.7. The van der Waals surface area contributed by atoms with Crippen molar-refractivity contribution < 1.29 is 19.4 Å². The number of amides is 2. The maximum absolute atomic E-state index is 11.7. The zero-order chi connectivity index (χ0) is 23.5. The Hall–Kier alpha value is -3.83. The van der Waals surface area contributed by atoms with Crippen molar-refractivity contribution in [2.45, 2.75) is 27.3 Å². The van der Waals surface area contributed by atoms with Crippen LogP contribution < -0.4 is 15.4 Å². The molecule has 0 atom stereocenters. The van der Waals surface area contributed by atoms with Gasteiger partial charge in [0.15, 0.2) is 0 Å². The van der Waals surface area contributed by atoms with Crippen LogP contribution in [0.1, 0.15) is 26.3 Å². The number of aromatic nitrogens is 1. The second-order valence-corrected chi connectivity index (χ2v) is 6.59. The van der Waals surface area contributed by atoms with Crippen LogP contribution in [0.25, 0.3) is 22.2 Å². The van der Waals surface area contributed by atoms with Gasteiger partial charge in [0.1, 0.15) is 18.1 Å². The largest absolute Gasteiger partial charge is 0.494 e. The third kappa shape index (κ3) is 5.65. The molecule has 0 aliphatic carbocycles. The summed E-state index contributed by atoms with van der Waals surface area (Å²) in [5, 5.41) is 23.4. The molecule has 0 radical (unpaired) electrons. The van der Waals surface area contributed by atoms with Crippen molar-refractivity contribution in [3.8, 4) is 23.1 Å². The van der Waals surface area contributed by atoms with Crippen LogP contribution in [0, 0.1) is 11.3 Å². The molecule has 0 aliphatic heterocycles. The number of fused-ring (bicyclic) bond motifs is 1. The molecule has 2 amide bonds. The third-order valence-electron chi connectivity index (χ3n) is 4.54. The number of nitrogens with zero attached hydrogens (tertiary/aromatic N) is 2. The van der Waals surface area contributed by atoms with Crippen molar-refractivity contribution in [1.29, 1.82) is 5.26 Å². The van der Waals surface area contributed by atoms with Crippen LogP contribution in [-0.4, -0.2) is 41.7 Å². The average Bonchev–Trinajstić information content (AvgIpc) is 3.11. The van der Waals surface area contributed by atoms with E-state index in [0.717, 1.165) is 27.9 Å². The number of anilines is 1. The summed E-state index contributed by atoms with van der Waals surface area (Å²) in [6.45, 7) is 7.12. The van der Waals surface area contributed by atoms with Crippen LogP contribution in [0.5, 0.6) is 5.75 Å². The first-order chi connectivity index (χ1) is 15.5. The fraction of sp³-hybridized carbons (Fsp3) is 0.292. The fourth-order valence-electron chi connectivity index (χ4n) is 3.35. The maximum Gasteiger partial charge on any atom is 0.319 e. The van der Waals surface area contributed by atoms with Crippen molar-refractivity contribution in [1.82, 2.24) is 9.88 Å². The molecule has 0 spiro atoms. The van der Waals surface area contributed by atoms with E-state index in [2.05, 4.69) is 21.3 Å². The normalized spacial score (nSPS) is 9.97. The summed E-state index contributed by atoms with van der Waals surface area (Å²) in [5.41, 5.74) is 3.84. The lowest BCUT2D eigenvalue weighted by Crippen LogP contribution is -2.29. The average molecular weight is 437 g/mol. The Morgan fingerprint density at radius 2 is 1.88 bits per heavy atom. The van der Waals surface area contributed by atoms with Gasteiger partial charge in [-0.3, -0.25) is 0 Å². The fourth-order valence-corrected chi connectivity index (χ4v) is 3.35. The molecule has 168 valence electrons. The van der Waals surface area contributed by atoms with E-state index in [1.165, 1.54) is 0 Å². The van der Waals surface area contributed by atoms with Gasteiger partial charge in [0.05, 0.1) is 29.9 Å². The Morgan fingerprint density at radius 1 is 1.19 bits per heavy atom. The topological polar surface area (TPSA) is 116 Å². The van der Waals surface area contributed by atoms with E-state index in [1.54, 1.807) is 19.1 Å². The van der Waals surface area contributed by atoms with Gasteiger partial charge in [0.25, 0.3) is 0 Å². The standard InChI is InChI=1S/C22H22N4O3.C2H6O/c1-3-26-20-13-17(29-4-2)9-10-18(20)19(14-23)21(26)15-5-7-16(8-6-15)25-22(28)24-11-12-27;1-2-3/h5-10,12-13H,3-4,11H2,1-2H3,(H2,24,25,28);3H,2H2,1H3. The molecule has 0 unspecified atom stereocenters. The van der Waals surface area contributed by atoms with E-state index >= 15 is 0 Å². The molecule has 3 rings (SSSR count). The van der Waals surface area contributed by atoms with Crippen LogP contribution in [0.3, 0.4) is 0 Å². The Morgan fingerprint density at radius 3 is 2.44 bits per heavy atom. The number of nitrogens with one attached hydrogen (secondary N) is 2. The van der Waals surface area contributed by atoms with Crippen LogP contribution in [-0.2, 0) is 11.3 Å². The van der Waals surface area contributed by atoms with E-state index in [0.29, 0.717) is 30.7 Å². The molecular formula is C24H28N4O4. The molecule has 0 saturated heterocycles. The predicted molar refractivity (Wildman–Crippen MR) is 125 cm³/mol. The minimum absolute atomic E-state index is 0.0458. The number of aryl methyl sites for hydroxylation is 1. The van der Waals surface area contributed by atoms with Crippen LogP contribution >= 0.6 is 0 Å². The summed E-state index contributed by atoms with van der Waals surface area (Å²) in [6.07, 6.45) is 0.618. The lowest BCUT2D eigenvalue weighted by Gasteiger charge is -2.11. The predicted octanol–water partition coefficient (Wildman–Crippen LogP) is 3.92. The summed E-state index contributed by atoms with van der Waals surface area (Å²) >= 11 is 0. The quantitative estimate of drug-likeness (QED) is 0.486. The first-order valence-electron chi connectivity index (χ1n) is 10.4. The Labute approximate surface area is 187 Å². The van der Waals surface area contributed by atoms with Gasteiger partial charge in [-0.25, -0.2) is 4.79 Å². The summed E-state index contributed by atoms with van der Waals surface area (Å²) in [5.74, 6) is 0.768. The smallest absolute Gasteiger partial charge is 0.319 e. The number of carbonyl (C=O) groups excluding carboxylic acids is 2. The third-order valence-corrected chi connectivity index (χ3v) is 4.54. The number of aliphatic hydroxyl groups excluding tert-OH is 1. The SMILES string of the molecule is CCO.CCOc1ccc2c(C#N)c(-c3ccc(NC(=O)NCC=O)cc3)n(CC)c2c1. The van der Waals surface area contributed by atoms with Gasteiger partial charge in [-0.2, -0.15) is 5.26 Å². The number of carbonyl (C=O) groups is 2. The van der Waals surface area contributed by atoms with Crippen molar-refractivity contribution in [3.05, 3.63) is 48.0 Å². The number of hydrogen-bond acceptors (Lipinski definition) is 5. The zero-order valence-electron chi connectivity index (χ0n) is 18.5. The van der Waals surface area contributed by atoms with Crippen molar-refractivity contribution in [2.75, 3.05) is 25.1 Å². The Bertz CT molecular complexity index is 1100. The zero-order valence-corrected chi connectivity index (χ0v) is 18.5. The molecule has 1 heterocycles. The molecule has 0 fully saturated rings. The first kappa shape index (κ1) is 24.4. The minimum atomic E-state index is -0.450.